The molecule has 0 aliphatic rings. The van der Waals surface area contributed by atoms with Gasteiger partial charge >= 0.3 is 5.97 Å². The van der Waals surface area contributed by atoms with Crippen LogP contribution in [0.3, 0.4) is 0 Å². The third-order valence-corrected chi connectivity index (χ3v) is 5.20. The van der Waals surface area contributed by atoms with Crippen LogP contribution < -0.4 is 14.8 Å². The molecule has 3 aromatic rings. The highest BCUT2D eigenvalue weighted by Gasteiger charge is 2.17. The lowest BCUT2D eigenvalue weighted by Crippen LogP contribution is -2.28. The van der Waals surface area contributed by atoms with E-state index in [2.05, 4.69) is 5.32 Å². The molecule has 6 heteroatoms. The van der Waals surface area contributed by atoms with Crippen molar-refractivity contribution in [3.63, 3.8) is 0 Å². The zero-order valence-electron chi connectivity index (χ0n) is 19.9. The molecule has 1 N–H and O–H groups in total. The largest absolute Gasteiger partial charge is 0.479 e. The van der Waals surface area contributed by atoms with Gasteiger partial charge in [0.1, 0.15) is 23.1 Å². The van der Waals surface area contributed by atoms with E-state index in [-0.39, 0.29) is 5.57 Å². The number of nitrogens with one attached hydrogen (secondary N) is 1. The third kappa shape index (κ3) is 7.58. The first kappa shape index (κ1) is 25.3. The van der Waals surface area contributed by atoms with Crippen LogP contribution in [0.2, 0.25) is 0 Å². The van der Waals surface area contributed by atoms with Crippen LogP contribution in [0.25, 0.3) is 17.2 Å². The smallest absolute Gasteiger partial charge is 0.352 e. The van der Waals surface area contributed by atoms with Gasteiger partial charge in [0.2, 0.25) is 0 Å². The van der Waals surface area contributed by atoms with Gasteiger partial charge in [0.05, 0.1) is 0 Å². The van der Waals surface area contributed by atoms with Gasteiger partial charge in [0, 0.05) is 6.54 Å². The third-order valence-electron chi connectivity index (χ3n) is 5.20. The average molecular weight is 469 g/mol. The van der Waals surface area contributed by atoms with Crippen LogP contribution in [0.1, 0.15) is 32.3 Å². The molecule has 3 aromatic carbocycles. The molecule has 0 spiro atoms. The molecule has 0 bridgehead atoms. The first-order valence-electron chi connectivity index (χ1n) is 11.5. The zero-order chi connectivity index (χ0) is 25.0. The predicted octanol–water partition coefficient (Wildman–Crippen LogP) is 5.55. The number of hydrogen-bond acceptors (Lipinski definition) is 5. The van der Waals surface area contributed by atoms with Crippen LogP contribution in [0.15, 0.2) is 84.4 Å². The molecular formula is C29H28N2O4. The zero-order valence-corrected chi connectivity index (χ0v) is 19.9. The number of ether oxygens (including phenoxy) is 2. The van der Waals surface area contributed by atoms with E-state index < -0.39 is 18.0 Å². The summed E-state index contributed by atoms with van der Waals surface area (Å²) in [4.78, 5) is 24.6. The second-order valence-electron chi connectivity index (χ2n) is 7.92. The molecule has 0 saturated heterocycles. The fraction of sp³-hybridized carbons (Fsp3) is 0.207. The average Bonchev–Trinajstić information content (AvgIpc) is 2.89. The molecule has 0 aromatic heterocycles. The first-order chi connectivity index (χ1) is 17.0. The van der Waals surface area contributed by atoms with Crippen LogP contribution in [-0.4, -0.2) is 24.5 Å². The van der Waals surface area contributed by atoms with E-state index in [1.54, 1.807) is 31.2 Å². The second kappa shape index (κ2) is 12.8. The van der Waals surface area contributed by atoms with Crippen LogP contribution in [0.5, 0.6) is 11.5 Å². The summed E-state index contributed by atoms with van der Waals surface area (Å²) in [7, 11) is 0. The van der Waals surface area contributed by atoms with E-state index in [0.29, 0.717) is 23.6 Å². The highest BCUT2D eigenvalue weighted by Crippen LogP contribution is 2.23. The predicted molar refractivity (Wildman–Crippen MR) is 136 cm³/mol. The monoisotopic (exact) mass is 468 g/mol. The Kier molecular flexibility index (Phi) is 9.21. The van der Waals surface area contributed by atoms with Crippen molar-refractivity contribution in [3.8, 4) is 28.7 Å². The molecule has 0 fully saturated rings. The van der Waals surface area contributed by atoms with Crippen LogP contribution in [0, 0.1) is 11.3 Å². The molecule has 3 rings (SSSR count). The summed E-state index contributed by atoms with van der Waals surface area (Å²) in [6, 6.07) is 26.0. The van der Waals surface area contributed by atoms with Gasteiger partial charge in [0.25, 0.3) is 5.91 Å². The first-order valence-corrected chi connectivity index (χ1v) is 11.5. The normalized spacial score (nSPS) is 11.7. The molecular weight excluding hydrogens is 440 g/mol. The minimum Gasteiger partial charge on any atom is -0.479 e. The van der Waals surface area contributed by atoms with Crippen molar-refractivity contribution >= 4 is 18.0 Å². The van der Waals surface area contributed by atoms with Crippen molar-refractivity contribution in [3.05, 3.63) is 90.0 Å². The number of nitriles is 1. The standard InChI is InChI=1S/C29H28N2O4/c1-3-4-18-31-28(32)25(20-30)19-22-10-14-27(15-11-22)35-29(33)21(2)34-26-16-12-24(13-17-26)23-8-6-5-7-9-23/h5-17,19,21H,3-4,18H2,1-2H3,(H,31,32)/b25-19+. The maximum atomic E-state index is 12.5. The summed E-state index contributed by atoms with van der Waals surface area (Å²) < 4.78 is 11.1. The van der Waals surface area contributed by atoms with Crippen molar-refractivity contribution in [2.75, 3.05) is 6.54 Å². The molecule has 1 unspecified atom stereocenters. The molecule has 0 heterocycles. The van der Waals surface area contributed by atoms with Crippen molar-refractivity contribution in [2.24, 2.45) is 0 Å². The molecule has 0 aliphatic carbocycles. The summed E-state index contributed by atoms with van der Waals surface area (Å²) in [5, 5.41) is 12.0. The number of esters is 1. The molecule has 0 aliphatic heterocycles. The quantitative estimate of drug-likeness (QED) is 0.139. The SMILES string of the molecule is CCCCNC(=O)/C(C#N)=C/c1ccc(OC(=O)C(C)Oc2ccc(-c3ccccc3)cc2)cc1. The van der Waals surface area contributed by atoms with Crippen LogP contribution in [0.4, 0.5) is 0 Å². The summed E-state index contributed by atoms with van der Waals surface area (Å²) >= 11 is 0. The Morgan fingerprint density at radius 1 is 0.943 bits per heavy atom. The highest BCUT2D eigenvalue weighted by atomic mass is 16.6. The molecule has 178 valence electrons. The highest BCUT2D eigenvalue weighted by molar-refractivity contribution is 6.01. The molecule has 35 heavy (non-hydrogen) atoms. The van der Waals surface area contributed by atoms with Crippen molar-refractivity contribution < 1.29 is 19.1 Å². The Hall–Kier alpha value is -4.37. The number of carbonyl (C=O) groups excluding carboxylic acids is 2. The Bertz CT molecular complexity index is 1190. The molecule has 0 radical (unpaired) electrons. The number of amides is 1. The lowest BCUT2D eigenvalue weighted by molar-refractivity contribution is -0.141. The van der Waals surface area contributed by atoms with Gasteiger partial charge in [-0.1, -0.05) is 67.9 Å². The molecule has 0 saturated carbocycles. The number of benzene rings is 3. The topological polar surface area (TPSA) is 88.4 Å². The number of unbranched alkanes of at least 4 members (excludes halogenated alkanes) is 1. The minimum atomic E-state index is -0.811. The van der Waals surface area contributed by atoms with E-state index in [1.807, 2.05) is 67.6 Å². The van der Waals surface area contributed by atoms with Gasteiger partial charge in [-0.25, -0.2) is 4.79 Å². The van der Waals surface area contributed by atoms with E-state index >= 15 is 0 Å². The number of hydrogen-bond donors (Lipinski definition) is 1. The Balaban J connectivity index is 1.55. The summed E-state index contributed by atoms with van der Waals surface area (Å²) in [6.07, 6.45) is 2.49. The molecule has 1 amide bonds. The van der Waals surface area contributed by atoms with E-state index in [4.69, 9.17) is 9.47 Å². The van der Waals surface area contributed by atoms with Gasteiger partial charge in [0.15, 0.2) is 6.10 Å². The van der Waals surface area contributed by atoms with Crippen molar-refractivity contribution in [1.29, 1.82) is 5.26 Å². The lowest BCUT2D eigenvalue weighted by Gasteiger charge is -2.14. The van der Waals surface area contributed by atoms with E-state index in [0.717, 1.165) is 24.0 Å². The maximum absolute atomic E-state index is 12.5. The van der Waals surface area contributed by atoms with Crippen molar-refractivity contribution in [1.82, 2.24) is 5.32 Å². The van der Waals surface area contributed by atoms with Crippen LogP contribution in [-0.2, 0) is 9.59 Å². The minimum absolute atomic E-state index is 0.0196. The van der Waals surface area contributed by atoms with Gasteiger partial charge < -0.3 is 14.8 Å². The maximum Gasteiger partial charge on any atom is 0.352 e. The van der Waals surface area contributed by atoms with E-state index in [1.165, 1.54) is 6.08 Å². The number of carbonyl (C=O) groups is 2. The van der Waals surface area contributed by atoms with E-state index in [9.17, 15) is 14.9 Å². The van der Waals surface area contributed by atoms with Gasteiger partial charge in [-0.15, -0.1) is 0 Å². The summed E-state index contributed by atoms with van der Waals surface area (Å²) in [6.45, 7) is 4.18. The number of rotatable bonds is 10. The van der Waals surface area contributed by atoms with Crippen LogP contribution >= 0.6 is 0 Å². The van der Waals surface area contributed by atoms with Gasteiger partial charge in [-0.05, 0) is 60.4 Å². The second-order valence-corrected chi connectivity index (χ2v) is 7.92. The number of nitrogens with zero attached hydrogens (tertiary/aromatic N) is 1. The molecule has 1 atom stereocenters. The van der Waals surface area contributed by atoms with Gasteiger partial charge in [-0.2, -0.15) is 5.26 Å². The Morgan fingerprint density at radius 2 is 1.57 bits per heavy atom. The Labute approximate surface area is 205 Å². The molecule has 6 nitrogen and oxygen atoms in total. The van der Waals surface area contributed by atoms with Crippen molar-refractivity contribution in [2.45, 2.75) is 32.8 Å². The summed E-state index contributed by atoms with van der Waals surface area (Å²) in [5.41, 5.74) is 2.82. The van der Waals surface area contributed by atoms with Gasteiger partial charge in [-0.3, -0.25) is 4.79 Å². The summed E-state index contributed by atoms with van der Waals surface area (Å²) in [5.74, 6) is -0.0311. The fourth-order valence-corrected chi connectivity index (χ4v) is 3.23. The fourth-order valence-electron chi connectivity index (χ4n) is 3.23. The lowest BCUT2D eigenvalue weighted by atomic mass is 10.1. The Morgan fingerprint density at radius 3 is 2.20 bits per heavy atom.